The minimum Gasteiger partial charge on any atom is -0.364 e. The molecule has 0 saturated carbocycles. The fourth-order valence-electron chi connectivity index (χ4n) is 1.18. The van der Waals surface area contributed by atoms with Crippen molar-refractivity contribution < 1.29 is 4.79 Å². The maximum atomic E-state index is 10.8. The Labute approximate surface area is 84.8 Å². The number of carbonyl (C=O) groups is 1. The van der Waals surface area contributed by atoms with Gasteiger partial charge in [-0.05, 0) is 13.0 Å². The van der Waals surface area contributed by atoms with Crippen LogP contribution in [0.2, 0.25) is 0 Å². The number of H-pyrrole nitrogens is 1. The number of amides is 1. The molecule has 0 saturated heterocycles. The molecule has 4 nitrogen and oxygen atoms in total. The van der Waals surface area contributed by atoms with E-state index in [1.807, 2.05) is 12.3 Å². The number of aromatic amines is 1. The van der Waals surface area contributed by atoms with Crippen molar-refractivity contribution in [3.63, 3.8) is 0 Å². The number of carbonyl (C=O) groups excluding carboxylic acids is 1. The molecule has 0 radical (unpaired) electrons. The van der Waals surface area contributed by atoms with Gasteiger partial charge in [0, 0.05) is 17.1 Å². The molecule has 0 aliphatic rings. The van der Waals surface area contributed by atoms with Gasteiger partial charge < -0.3 is 10.7 Å². The molecule has 1 amide bonds. The van der Waals surface area contributed by atoms with E-state index in [2.05, 4.69) is 9.97 Å². The Morgan fingerprint density at radius 3 is 2.93 bits per heavy atom. The molecule has 2 aromatic rings. The second kappa shape index (κ2) is 3.26. The highest BCUT2D eigenvalue weighted by Crippen LogP contribution is 2.21. The van der Waals surface area contributed by atoms with E-state index in [-0.39, 0.29) is 0 Å². The monoisotopic (exact) mass is 207 g/mol. The molecular weight excluding hydrogens is 198 g/mol. The first-order valence-corrected chi connectivity index (χ1v) is 4.95. The number of nitrogens with one attached hydrogen (secondary N) is 1. The zero-order chi connectivity index (χ0) is 10.1. The molecule has 72 valence electrons. The third kappa shape index (κ3) is 1.54. The Kier molecular flexibility index (Phi) is 2.09. The van der Waals surface area contributed by atoms with Crippen molar-refractivity contribution in [2.75, 3.05) is 0 Å². The first kappa shape index (κ1) is 8.96. The maximum Gasteiger partial charge on any atom is 0.265 e. The highest BCUT2D eigenvalue weighted by atomic mass is 32.1. The van der Waals surface area contributed by atoms with Gasteiger partial charge >= 0.3 is 0 Å². The summed E-state index contributed by atoms with van der Waals surface area (Å²) in [7, 11) is 0. The number of nitrogens with two attached hydrogens (primary N) is 1. The van der Waals surface area contributed by atoms with Crippen LogP contribution in [0.3, 0.4) is 0 Å². The quantitative estimate of drug-likeness (QED) is 0.784. The highest BCUT2D eigenvalue weighted by molar-refractivity contribution is 7.09. The molecule has 2 rings (SSSR count). The van der Waals surface area contributed by atoms with Crippen molar-refractivity contribution in [1.82, 2.24) is 9.97 Å². The van der Waals surface area contributed by atoms with E-state index in [9.17, 15) is 4.79 Å². The smallest absolute Gasteiger partial charge is 0.265 e. The van der Waals surface area contributed by atoms with E-state index in [1.165, 1.54) is 0 Å². The van der Waals surface area contributed by atoms with Gasteiger partial charge in [-0.2, -0.15) is 0 Å². The summed E-state index contributed by atoms with van der Waals surface area (Å²) in [6.45, 7) is 1.94. The van der Waals surface area contributed by atoms with E-state index in [0.717, 1.165) is 16.3 Å². The minimum absolute atomic E-state index is 0.408. The summed E-state index contributed by atoms with van der Waals surface area (Å²) in [5.74, 6) is -0.455. The Morgan fingerprint density at radius 1 is 1.64 bits per heavy atom. The first-order chi connectivity index (χ1) is 6.66. The average Bonchev–Trinajstić information content (AvgIpc) is 2.70. The second-order valence-corrected chi connectivity index (χ2v) is 3.98. The average molecular weight is 207 g/mol. The van der Waals surface area contributed by atoms with Crippen molar-refractivity contribution in [3.05, 3.63) is 28.3 Å². The van der Waals surface area contributed by atoms with Crippen LogP contribution in [0, 0.1) is 6.92 Å². The van der Waals surface area contributed by atoms with Crippen LogP contribution in [0.1, 0.15) is 15.5 Å². The Morgan fingerprint density at radius 2 is 2.43 bits per heavy atom. The molecule has 0 fully saturated rings. The Balaban J connectivity index is 2.38. The molecule has 0 aliphatic heterocycles. The SMILES string of the molecule is Cc1nc(-c2c[nH]c(C(N)=O)c2)cs1. The van der Waals surface area contributed by atoms with Gasteiger partial charge in [0.1, 0.15) is 5.69 Å². The van der Waals surface area contributed by atoms with Crippen LogP contribution in [0.15, 0.2) is 17.6 Å². The molecule has 0 atom stereocenters. The minimum atomic E-state index is -0.455. The fraction of sp³-hybridized carbons (Fsp3) is 0.111. The van der Waals surface area contributed by atoms with Gasteiger partial charge in [0.05, 0.1) is 10.7 Å². The van der Waals surface area contributed by atoms with Gasteiger partial charge in [0.25, 0.3) is 5.91 Å². The van der Waals surface area contributed by atoms with Crippen LogP contribution in [-0.4, -0.2) is 15.9 Å². The van der Waals surface area contributed by atoms with E-state index in [4.69, 9.17) is 5.73 Å². The van der Waals surface area contributed by atoms with Crippen LogP contribution in [0.25, 0.3) is 11.3 Å². The molecule has 14 heavy (non-hydrogen) atoms. The van der Waals surface area contributed by atoms with Gasteiger partial charge in [0.2, 0.25) is 0 Å². The molecule has 3 N–H and O–H groups in total. The molecule has 2 heterocycles. The Bertz CT molecular complexity index is 472. The normalized spacial score (nSPS) is 10.4. The predicted octanol–water partition coefficient (Wildman–Crippen LogP) is 1.55. The van der Waals surface area contributed by atoms with Crippen LogP contribution in [0.4, 0.5) is 0 Å². The zero-order valence-electron chi connectivity index (χ0n) is 7.57. The summed E-state index contributed by atoms with van der Waals surface area (Å²) < 4.78 is 0. The third-order valence-corrected chi connectivity index (χ3v) is 2.64. The number of hydrogen-bond donors (Lipinski definition) is 2. The second-order valence-electron chi connectivity index (χ2n) is 2.92. The molecular formula is C9H9N3OS. The van der Waals surface area contributed by atoms with E-state index < -0.39 is 5.91 Å². The molecule has 0 unspecified atom stereocenters. The number of nitrogens with zero attached hydrogens (tertiary/aromatic N) is 1. The van der Waals surface area contributed by atoms with Gasteiger partial charge in [-0.15, -0.1) is 11.3 Å². The van der Waals surface area contributed by atoms with Crippen LogP contribution in [-0.2, 0) is 0 Å². The Hall–Kier alpha value is -1.62. The number of aromatic nitrogens is 2. The molecule has 0 aliphatic carbocycles. The van der Waals surface area contributed by atoms with Gasteiger partial charge in [-0.3, -0.25) is 4.79 Å². The number of rotatable bonds is 2. The lowest BCUT2D eigenvalue weighted by molar-refractivity contribution is 0.0996. The first-order valence-electron chi connectivity index (χ1n) is 4.07. The van der Waals surface area contributed by atoms with Crippen molar-refractivity contribution >= 4 is 17.2 Å². The lowest BCUT2D eigenvalue weighted by Crippen LogP contribution is -2.10. The van der Waals surface area contributed by atoms with E-state index in [0.29, 0.717) is 5.69 Å². The number of hydrogen-bond acceptors (Lipinski definition) is 3. The third-order valence-electron chi connectivity index (χ3n) is 1.86. The lowest BCUT2D eigenvalue weighted by Gasteiger charge is -1.86. The zero-order valence-corrected chi connectivity index (χ0v) is 8.39. The van der Waals surface area contributed by atoms with E-state index >= 15 is 0 Å². The van der Waals surface area contributed by atoms with Crippen LogP contribution in [0.5, 0.6) is 0 Å². The van der Waals surface area contributed by atoms with Gasteiger partial charge in [-0.25, -0.2) is 4.98 Å². The number of primary amides is 1. The summed E-state index contributed by atoms with van der Waals surface area (Å²) in [5, 5.41) is 2.95. The van der Waals surface area contributed by atoms with Crippen LogP contribution >= 0.6 is 11.3 Å². The van der Waals surface area contributed by atoms with Crippen molar-refractivity contribution in [3.8, 4) is 11.3 Å². The summed E-state index contributed by atoms with van der Waals surface area (Å²) in [5.41, 5.74) is 7.29. The highest BCUT2D eigenvalue weighted by Gasteiger charge is 2.07. The van der Waals surface area contributed by atoms with Crippen molar-refractivity contribution in [2.24, 2.45) is 5.73 Å². The summed E-state index contributed by atoms with van der Waals surface area (Å²) >= 11 is 1.58. The molecule has 5 heteroatoms. The number of thiazole rings is 1. The maximum absolute atomic E-state index is 10.8. The summed E-state index contributed by atoms with van der Waals surface area (Å²) in [6, 6.07) is 1.71. The van der Waals surface area contributed by atoms with Crippen LogP contribution < -0.4 is 5.73 Å². The molecule has 0 aromatic carbocycles. The van der Waals surface area contributed by atoms with E-state index in [1.54, 1.807) is 23.6 Å². The van der Waals surface area contributed by atoms with Crippen molar-refractivity contribution in [1.29, 1.82) is 0 Å². The predicted molar refractivity (Wildman–Crippen MR) is 55.2 cm³/mol. The number of aryl methyl sites for hydroxylation is 1. The fourth-order valence-corrected chi connectivity index (χ4v) is 1.80. The topological polar surface area (TPSA) is 71.8 Å². The van der Waals surface area contributed by atoms with Gasteiger partial charge in [0.15, 0.2) is 0 Å². The lowest BCUT2D eigenvalue weighted by atomic mass is 10.2. The largest absolute Gasteiger partial charge is 0.364 e. The standard InChI is InChI=1S/C9H9N3OS/c1-5-12-8(4-14-5)6-2-7(9(10)13)11-3-6/h2-4,11H,1H3,(H2,10,13). The summed E-state index contributed by atoms with van der Waals surface area (Å²) in [6.07, 6.45) is 1.73. The molecule has 2 aromatic heterocycles. The molecule has 0 spiro atoms. The van der Waals surface area contributed by atoms with Gasteiger partial charge in [-0.1, -0.05) is 0 Å². The van der Waals surface area contributed by atoms with Crippen molar-refractivity contribution in [2.45, 2.75) is 6.92 Å². The molecule has 0 bridgehead atoms. The summed E-state index contributed by atoms with van der Waals surface area (Å²) in [4.78, 5) is 17.9.